The number of carbonyl (C=O) groups excluding carboxylic acids is 1. The van der Waals surface area contributed by atoms with Gasteiger partial charge < -0.3 is 4.90 Å². The van der Waals surface area contributed by atoms with Crippen LogP contribution in [0.25, 0.3) is 0 Å². The molecule has 1 amide bonds. The van der Waals surface area contributed by atoms with E-state index in [9.17, 15) is 4.79 Å². The van der Waals surface area contributed by atoms with E-state index in [1.165, 1.54) is 11.1 Å². The first kappa shape index (κ1) is 16.3. The molecule has 1 atom stereocenters. The van der Waals surface area contributed by atoms with Crippen LogP contribution in [0, 0.1) is 0 Å². The van der Waals surface area contributed by atoms with Gasteiger partial charge in [0.25, 0.3) is 0 Å². The number of pyridine rings is 1. The minimum absolute atomic E-state index is 0.0639. The number of likely N-dealkylation sites (tertiary alicyclic amines) is 2. The van der Waals surface area contributed by atoms with Crippen molar-refractivity contribution in [3.05, 3.63) is 48.0 Å². The number of piperidine rings is 1. The number of aryl methyl sites for hydroxylation is 1. The summed E-state index contributed by atoms with van der Waals surface area (Å²) in [4.78, 5) is 21.2. The van der Waals surface area contributed by atoms with Crippen LogP contribution in [0.4, 0.5) is 0 Å². The van der Waals surface area contributed by atoms with Crippen LogP contribution < -0.4 is 0 Å². The summed E-state index contributed by atoms with van der Waals surface area (Å²) in [6, 6.07) is 4.11. The first-order valence-corrected chi connectivity index (χ1v) is 8.95. The molecule has 0 radical (unpaired) electrons. The second-order valence-electron chi connectivity index (χ2n) is 7.40. The molecular weight excluding hydrogens is 314 g/mol. The van der Waals surface area contributed by atoms with Gasteiger partial charge >= 0.3 is 0 Å². The second kappa shape index (κ2) is 6.26. The Morgan fingerprint density at radius 2 is 2.04 bits per heavy atom. The van der Waals surface area contributed by atoms with Gasteiger partial charge in [-0.2, -0.15) is 5.10 Å². The summed E-state index contributed by atoms with van der Waals surface area (Å²) >= 11 is 0. The fourth-order valence-corrected chi connectivity index (χ4v) is 4.56. The molecule has 0 aromatic carbocycles. The zero-order chi connectivity index (χ0) is 17.4. The van der Waals surface area contributed by atoms with Crippen LogP contribution in [0.2, 0.25) is 0 Å². The van der Waals surface area contributed by atoms with Gasteiger partial charge in [-0.05, 0) is 30.0 Å². The van der Waals surface area contributed by atoms with Gasteiger partial charge in [0.15, 0.2) is 0 Å². The topological polar surface area (TPSA) is 54.3 Å². The highest BCUT2D eigenvalue weighted by Gasteiger charge is 2.52. The lowest BCUT2D eigenvalue weighted by molar-refractivity contribution is -0.130. The Bertz CT molecular complexity index is 748. The van der Waals surface area contributed by atoms with Crippen molar-refractivity contribution >= 4 is 5.91 Å². The molecule has 0 unspecified atom stereocenters. The summed E-state index contributed by atoms with van der Waals surface area (Å²) in [6.07, 6.45) is 10.4. The predicted octanol–water partition coefficient (Wildman–Crippen LogP) is 1.80. The number of aromatic nitrogens is 3. The molecule has 1 spiro atoms. The third kappa shape index (κ3) is 2.84. The van der Waals surface area contributed by atoms with E-state index in [1.54, 1.807) is 0 Å². The van der Waals surface area contributed by atoms with Gasteiger partial charge in [-0.15, -0.1) is 0 Å². The Labute approximate surface area is 148 Å². The van der Waals surface area contributed by atoms with Crippen LogP contribution in [-0.4, -0.2) is 56.1 Å². The molecule has 0 saturated carbocycles. The molecule has 2 aromatic heterocycles. The molecular formula is C19H25N5O. The van der Waals surface area contributed by atoms with E-state index in [0.717, 1.165) is 32.5 Å². The molecule has 2 aliphatic rings. The molecule has 132 valence electrons. The molecule has 0 aliphatic carbocycles. The van der Waals surface area contributed by atoms with Crippen molar-refractivity contribution in [2.24, 2.45) is 7.05 Å². The maximum Gasteiger partial charge on any atom is 0.223 e. The maximum absolute atomic E-state index is 12.5. The first-order valence-electron chi connectivity index (χ1n) is 8.95. The molecule has 2 saturated heterocycles. The minimum Gasteiger partial charge on any atom is -0.339 e. The normalized spacial score (nSPS) is 23.5. The molecule has 0 N–H and O–H groups in total. The van der Waals surface area contributed by atoms with Crippen molar-refractivity contribution in [1.82, 2.24) is 24.6 Å². The Balaban J connectivity index is 1.51. The number of amides is 1. The van der Waals surface area contributed by atoms with Crippen molar-refractivity contribution in [3.8, 4) is 0 Å². The summed E-state index contributed by atoms with van der Waals surface area (Å²) in [5.41, 5.74) is 2.38. The van der Waals surface area contributed by atoms with E-state index < -0.39 is 0 Å². The first-order chi connectivity index (χ1) is 12.1. The fraction of sp³-hybridized carbons (Fsp3) is 0.526. The summed E-state index contributed by atoms with van der Waals surface area (Å²) in [5, 5.41) is 4.33. The van der Waals surface area contributed by atoms with Crippen LogP contribution in [-0.2, 0) is 18.4 Å². The number of nitrogens with zero attached hydrogens (tertiary/aromatic N) is 5. The molecule has 2 aliphatic heterocycles. The summed E-state index contributed by atoms with van der Waals surface area (Å²) in [5.74, 6) is 0.508. The van der Waals surface area contributed by atoms with Crippen molar-refractivity contribution in [1.29, 1.82) is 0 Å². The van der Waals surface area contributed by atoms with E-state index in [2.05, 4.69) is 27.2 Å². The van der Waals surface area contributed by atoms with Gasteiger partial charge in [-0.3, -0.25) is 19.4 Å². The molecule has 6 nitrogen and oxygen atoms in total. The van der Waals surface area contributed by atoms with Crippen molar-refractivity contribution in [2.75, 3.05) is 20.1 Å². The van der Waals surface area contributed by atoms with E-state index in [0.29, 0.717) is 6.42 Å². The highest BCUT2D eigenvalue weighted by molar-refractivity contribution is 5.81. The molecule has 2 aromatic rings. The summed E-state index contributed by atoms with van der Waals surface area (Å²) < 4.78 is 1.84. The van der Waals surface area contributed by atoms with Gasteiger partial charge in [0, 0.05) is 64.7 Å². The Kier molecular flexibility index (Phi) is 4.07. The molecule has 4 heterocycles. The summed E-state index contributed by atoms with van der Waals surface area (Å²) in [6.45, 7) is 2.94. The standard InChI is InChI=1S/C19H25N5O/c1-22-14-16(12-21-22)17-10-18(25)23(2)19(17)5-8-24(9-6-19)13-15-4-3-7-20-11-15/h3-4,7,11-12,14,17H,5-6,8-10,13H2,1-2H3/t17-/m1/s1. The lowest BCUT2D eigenvalue weighted by Gasteiger charge is -2.46. The number of hydrogen-bond acceptors (Lipinski definition) is 4. The number of carbonyl (C=O) groups is 1. The zero-order valence-corrected chi connectivity index (χ0v) is 14.9. The Morgan fingerprint density at radius 1 is 1.24 bits per heavy atom. The molecule has 2 fully saturated rings. The minimum atomic E-state index is -0.0639. The van der Waals surface area contributed by atoms with Crippen molar-refractivity contribution in [2.45, 2.75) is 37.3 Å². The third-order valence-corrected chi connectivity index (χ3v) is 6.05. The lowest BCUT2D eigenvalue weighted by atomic mass is 9.74. The predicted molar refractivity (Wildman–Crippen MR) is 94.8 cm³/mol. The lowest BCUT2D eigenvalue weighted by Crippen LogP contribution is -2.53. The van der Waals surface area contributed by atoms with Crippen LogP contribution in [0.1, 0.15) is 36.3 Å². The van der Waals surface area contributed by atoms with Crippen molar-refractivity contribution < 1.29 is 4.79 Å². The summed E-state index contributed by atoms with van der Waals surface area (Å²) in [7, 11) is 3.92. The fourth-order valence-electron chi connectivity index (χ4n) is 4.56. The maximum atomic E-state index is 12.5. The zero-order valence-electron chi connectivity index (χ0n) is 14.9. The average Bonchev–Trinajstić information content (AvgIpc) is 3.15. The van der Waals surface area contributed by atoms with E-state index >= 15 is 0 Å². The highest BCUT2D eigenvalue weighted by atomic mass is 16.2. The largest absolute Gasteiger partial charge is 0.339 e. The average molecular weight is 339 g/mol. The SMILES string of the molecule is CN1C(=O)C[C@H](c2cnn(C)c2)C12CCN(Cc1cccnc1)CC2. The van der Waals surface area contributed by atoms with Crippen LogP contribution in [0.15, 0.2) is 36.9 Å². The molecule has 6 heteroatoms. The van der Waals surface area contributed by atoms with E-state index in [1.807, 2.05) is 48.3 Å². The van der Waals surface area contributed by atoms with E-state index in [4.69, 9.17) is 0 Å². The molecule has 25 heavy (non-hydrogen) atoms. The Hall–Kier alpha value is -2.21. The van der Waals surface area contributed by atoms with Gasteiger partial charge in [0.1, 0.15) is 0 Å². The molecule has 0 bridgehead atoms. The van der Waals surface area contributed by atoms with Crippen LogP contribution in [0.3, 0.4) is 0 Å². The Morgan fingerprint density at radius 3 is 2.68 bits per heavy atom. The quantitative estimate of drug-likeness (QED) is 0.856. The van der Waals surface area contributed by atoms with E-state index in [-0.39, 0.29) is 17.4 Å². The van der Waals surface area contributed by atoms with Gasteiger partial charge in [0.05, 0.1) is 11.7 Å². The third-order valence-electron chi connectivity index (χ3n) is 6.05. The number of hydrogen-bond donors (Lipinski definition) is 0. The number of rotatable bonds is 3. The van der Waals surface area contributed by atoms with Crippen LogP contribution in [0.5, 0.6) is 0 Å². The monoisotopic (exact) mass is 339 g/mol. The number of likely N-dealkylation sites (N-methyl/N-ethyl adjacent to an activating group) is 1. The van der Waals surface area contributed by atoms with Crippen molar-refractivity contribution in [3.63, 3.8) is 0 Å². The highest BCUT2D eigenvalue weighted by Crippen LogP contribution is 2.48. The van der Waals surface area contributed by atoms with Gasteiger partial charge in [-0.25, -0.2) is 0 Å². The second-order valence-corrected chi connectivity index (χ2v) is 7.40. The van der Waals surface area contributed by atoms with Gasteiger partial charge in [-0.1, -0.05) is 6.07 Å². The van der Waals surface area contributed by atoms with Crippen LogP contribution >= 0.6 is 0 Å². The van der Waals surface area contributed by atoms with Gasteiger partial charge in [0.2, 0.25) is 5.91 Å². The smallest absolute Gasteiger partial charge is 0.223 e. The molecule has 4 rings (SSSR count).